The summed E-state index contributed by atoms with van der Waals surface area (Å²) in [5.74, 6) is -0.325. The Morgan fingerprint density at radius 1 is 1.10 bits per heavy atom. The van der Waals surface area contributed by atoms with Gasteiger partial charge < -0.3 is 14.8 Å². The topological polar surface area (TPSA) is 74.7 Å². The third kappa shape index (κ3) is 5.26. The Hall–Kier alpha value is -2.16. The maximum atomic E-state index is 12.9. The van der Waals surface area contributed by atoms with Crippen molar-refractivity contribution in [3.63, 3.8) is 0 Å². The van der Waals surface area contributed by atoms with Crippen molar-refractivity contribution >= 4 is 21.6 Å². The van der Waals surface area contributed by atoms with Crippen LogP contribution in [0.5, 0.6) is 0 Å². The second-order valence-electron chi connectivity index (χ2n) is 7.84. The number of likely N-dealkylation sites (N-methyl/N-ethyl adjacent to an activating group) is 1. The number of hydrogen-bond acceptors (Lipinski definition) is 4. The number of rotatable bonds is 7. The van der Waals surface area contributed by atoms with E-state index >= 15 is 0 Å². The molecule has 0 aliphatic carbocycles. The van der Waals surface area contributed by atoms with Crippen LogP contribution in [0.15, 0.2) is 41.4 Å². The molecular formula is C21H30N4O3S. The number of piperidine rings is 1. The number of anilines is 1. The Balaban J connectivity index is 1.70. The number of aryl methyl sites for hydroxylation is 1. The van der Waals surface area contributed by atoms with Crippen molar-refractivity contribution in [3.05, 3.63) is 47.8 Å². The number of hydrogen-bond donors (Lipinski definition) is 1. The molecule has 1 aromatic carbocycles. The van der Waals surface area contributed by atoms with Crippen LogP contribution in [-0.2, 0) is 23.5 Å². The van der Waals surface area contributed by atoms with E-state index in [-0.39, 0.29) is 10.8 Å². The van der Waals surface area contributed by atoms with Crippen molar-refractivity contribution in [2.75, 3.05) is 39.0 Å². The number of carbonyl (C=O) groups is 1. The number of amides is 1. The summed E-state index contributed by atoms with van der Waals surface area (Å²) in [6, 6.07) is 9.20. The molecule has 2 aromatic rings. The molecule has 1 aliphatic heterocycles. The molecule has 3 rings (SSSR count). The highest BCUT2D eigenvalue weighted by molar-refractivity contribution is 7.89. The van der Waals surface area contributed by atoms with Crippen LogP contribution in [-0.4, -0.2) is 61.8 Å². The molecule has 8 heteroatoms. The number of carbonyl (C=O) groups excluding carboxylic acids is 1. The van der Waals surface area contributed by atoms with E-state index < -0.39 is 10.0 Å². The standard InChI is InChI=1S/C21H30N4O3S/c1-23(2)14-11-17-7-9-18(10-8-17)22-21(26)20-15-19(16-24(20)3)29(27,28)25-12-5-4-6-13-25/h7-10,15-16H,4-6,11-14H2,1-3H3,(H,22,26). The summed E-state index contributed by atoms with van der Waals surface area (Å²) in [5.41, 5.74) is 2.20. The Morgan fingerprint density at radius 2 is 1.76 bits per heavy atom. The fraction of sp³-hybridized carbons (Fsp3) is 0.476. The lowest BCUT2D eigenvalue weighted by atomic mass is 10.1. The Morgan fingerprint density at radius 3 is 2.38 bits per heavy atom. The molecule has 0 saturated carbocycles. The van der Waals surface area contributed by atoms with Crippen LogP contribution in [0, 0.1) is 0 Å². The zero-order valence-electron chi connectivity index (χ0n) is 17.4. The van der Waals surface area contributed by atoms with Gasteiger partial charge in [0.05, 0.1) is 0 Å². The fourth-order valence-electron chi connectivity index (χ4n) is 3.46. The first kappa shape index (κ1) is 21.5. The first-order chi connectivity index (χ1) is 13.8. The van der Waals surface area contributed by atoms with Gasteiger partial charge in [-0.05, 0) is 57.1 Å². The second-order valence-corrected chi connectivity index (χ2v) is 9.78. The summed E-state index contributed by atoms with van der Waals surface area (Å²) in [5, 5.41) is 2.86. The van der Waals surface area contributed by atoms with Crippen molar-refractivity contribution in [3.8, 4) is 0 Å². The lowest BCUT2D eigenvalue weighted by Crippen LogP contribution is -2.35. The lowest BCUT2D eigenvalue weighted by molar-refractivity contribution is 0.101. The normalized spacial score (nSPS) is 15.6. The van der Waals surface area contributed by atoms with Crippen LogP contribution in [0.4, 0.5) is 5.69 Å². The SMILES string of the molecule is CN(C)CCc1ccc(NC(=O)c2cc(S(=O)(=O)N3CCCCC3)cn2C)cc1. The van der Waals surface area contributed by atoms with E-state index in [0.29, 0.717) is 24.5 Å². The van der Waals surface area contributed by atoms with Crippen LogP contribution in [0.1, 0.15) is 35.3 Å². The first-order valence-corrected chi connectivity index (χ1v) is 11.4. The van der Waals surface area contributed by atoms with Gasteiger partial charge in [0, 0.05) is 38.6 Å². The van der Waals surface area contributed by atoms with Gasteiger partial charge in [-0.25, -0.2) is 8.42 Å². The number of nitrogens with one attached hydrogen (secondary N) is 1. The molecule has 0 radical (unpaired) electrons. The van der Waals surface area contributed by atoms with Crippen molar-refractivity contribution < 1.29 is 13.2 Å². The van der Waals surface area contributed by atoms with Crippen molar-refractivity contribution in [1.29, 1.82) is 0 Å². The van der Waals surface area contributed by atoms with Gasteiger partial charge in [-0.2, -0.15) is 4.31 Å². The van der Waals surface area contributed by atoms with Gasteiger partial charge in [0.1, 0.15) is 10.6 Å². The minimum Gasteiger partial charge on any atom is -0.345 e. The zero-order chi connectivity index (χ0) is 21.0. The summed E-state index contributed by atoms with van der Waals surface area (Å²) in [7, 11) is 2.20. The van der Waals surface area contributed by atoms with Gasteiger partial charge in [-0.15, -0.1) is 0 Å². The number of aromatic nitrogens is 1. The molecule has 1 amide bonds. The van der Waals surface area contributed by atoms with Crippen molar-refractivity contribution in [2.45, 2.75) is 30.6 Å². The number of nitrogens with zero attached hydrogens (tertiary/aromatic N) is 3. The fourth-order valence-corrected chi connectivity index (χ4v) is 5.05. The smallest absolute Gasteiger partial charge is 0.272 e. The first-order valence-electron chi connectivity index (χ1n) is 9.99. The molecule has 0 bridgehead atoms. The van der Waals surface area contributed by atoms with Crippen molar-refractivity contribution in [2.24, 2.45) is 7.05 Å². The summed E-state index contributed by atoms with van der Waals surface area (Å²) in [6.45, 7) is 2.04. The highest BCUT2D eigenvalue weighted by atomic mass is 32.2. The van der Waals surface area contributed by atoms with E-state index in [2.05, 4.69) is 10.2 Å². The monoisotopic (exact) mass is 418 g/mol. The minimum absolute atomic E-state index is 0.172. The maximum absolute atomic E-state index is 12.9. The van der Waals surface area contributed by atoms with Crippen LogP contribution >= 0.6 is 0 Å². The molecule has 1 aliphatic rings. The van der Waals surface area contributed by atoms with Crippen LogP contribution < -0.4 is 5.32 Å². The molecule has 0 spiro atoms. The molecule has 1 fully saturated rings. The molecule has 0 unspecified atom stereocenters. The number of sulfonamides is 1. The third-order valence-electron chi connectivity index (χ3n) is 5.22. The molecule has 29 heavy (non-hydrogen) atoms. The summed E-state index contributed by atoms with van der Waals surface area (Å²) < 4.78 is 28.8. The van der Waals surface area contributed by atoms with E-state index in [1.54, 1.807) is 11.6 Å². The predicted molar refractivity (Wildman–Crippen MR) is 115 cm³/mol. The molecular weight excluding hydrogens is 388 g/mol. The molecule has 1 aromatic heterocycles. The second kappa shape index (κ2) is 9.11. The Bertz CT molecular complexity index is 943. The van der Waals surface area contributed by atoms with Crippen LogP contribution in [0.3, 0.4) is 0 Å². The van der Waals surface area contributed by atoms with E-state index in [1.165, 1.54) is 22.1 Å². The van der Waals surface area contributed by atoms with Crippen LogP contribution in [0.25, 0.3) is 0 Å². The van der Waals surface area contributed by atoms with E-state index in [9.17, 15) is 13.2 Å². The molecule has 158 valence electrons. The van der Waals surface area contributed by atoms with Gasteiger partial charge in [-0.1, -0.05) is 18.6 Å². The Labute approximate surface area is 173 Å². The average Bonchev–Trinajstić information content (AvgIpc) is 3.11. The van der Waals surface area contributed by atoms with E-state index in [0.717, 1.165) is 32.2 Å². The third-order valence-corrected chi connectivity index (χ3v) is 7.09. The summed E-state index contributed by atoms with van der Waals surface area (Å²) >= 11 is 0. The van der Waals surface area contributed by atoms with Gasteiger partial charge in [0.15, 0.2) is 0 Å². The van der Waals surface area contributed by atoms with E-state index in [1.807, 2.05) is 38.4 Å². The molecule has 1 saturated heterocycles. The number of benzene rings is 1. The molecule has 2 heterocycles. The largest absolute Gasteiger partial charge is 0.345 e. The maximum Gasteiger partial charge on any atom is 0.272 e. The quantitative estimate of drug-likeness (QED) is 0.750. The van der Waals surface area contributed by atoms with Crippen molar-refractivity contribution in [1.82, 2.24) is 13.8 Å². The van der Waals surface area contributed by atoms with Gasteiger partial charge in [0.2, 0.25) is 10.0 Å². The highest BCUT2D eigenvalue weighted by Crippen LogP contribution is 2.23. The van der Waals surface area contributed by atoms with Gasteiger partial charge in [0.25, 0.3) is 5.91 Å². The summed E-state index contributed by atoms with van der Waals surface area (Å²) in [6.07, 6.45) is 5.27. The zero-order valence-corrected chi connectivity index (χ0v) is 18.2. The Kier molecular flexibility index (Phi) is 6.77. The van der Waals surface area contributed by atoms with E-state index in [4.69, 9.17) is 0 Å². The minimum atomic E-state index is -3.56. The average molecular weight is 419 g/mol. The predicted octanol–water partition coefficient (Wildman–Crippen LogP) is 2.56. The molecule has 7 nitrogen and oxygen atoms in total. The molecule has 0 atom stereocenters. The van der Waals surface area contributed by atoms with Gasteiger partial charge in [-0.3, -0.25) is 4.79 Å². The summed E-state index contributed by atoms with van der Waals surface area (Å²) in [4.78, 5) is 15.0. The lowest BCUT2D eigenvalue weighted by Gasteiger charge is -2.25. The van der Waals surface area contributed by atoms with Crippen LogP contribution in [0.2, 0.25) is 0 Å². The highest BCUT2D eigenvalue weighted by Gasteiger charge is 2.28. The molecule has 1 N–H and O–H groups in total. The van der Waals surface area contributed by atoms with Gasteiger partial charge >= 0.3 is 0 Å².